The van der Waals surface area contributed by atoms with Crippen LogP contribution in [0.4, 0.5) is 5.69 Å². The van der Waals surface area contributed by atoms with Gasteiger partial charge in [-0.05, 0) is 43.5 Å². The number of benzene rings is 1. The molecule has 1 N–H and O–H groups in total. The van der Waals surface area contributed by atoms with E-state index in [1.54, 1.807) is 6.07 Å². The fraction of sp³-hybridized carbons (Fsp3) is 0.312. The number of nitrogens with zero attached hydrogens (tertiary/aromatic N) is 2. The lowest BCUT2D eigenvalue weighted by Gasteiger charge is -2.31. The van der Waals surface area contributed by atoms with Crippen molar-refractivity contribution in [2.75, 3.05) is 11.4 Å². The molecule has 3 rings (SSSR count). The van der Waals surface area contributed by atoms with Gasteiger partial charge in [-0.15, -0.1) is 0 Å². The summed E-state index contributed by atoms with van der Waals surface area (Å²) in [5, 5.41) is 9.27. The second-order valence-electron chi connectivity index (χ2n) is 5.17. The summed E-state index contributed by atoms with van der Waals surface area (Å²) in [5.41, 5.74) is 5.08. The van der Waals surface area contributed by atoms with Gasteiger partial charge in [-0.1, -0.05) is 17.7 Å². The van der Waals surface area contributed by atoms with E-state index in [0.29, 0.717) is 0 Å². The lowest BCUT2D eigenvalue weighted by atomic mass is 9.99. The van der Waals surface area contributed by atoms with E-state index < -0.39 is 0 Å². The number of aromatic nitrogens is 1. The van der Waals surface area contributed by atoms with Gasteiger partial charge in [0.25, 0.3) is 0 Å². The summed E-state index contributed by atoms with van der Waals surface area (Å²) in [5.74, 6) is 0.221. The Morgan fingerprint density at radius 2 is 2.16 bits per heavy atom. The Balaban J connectivity index is 1.85. The van der Waals surface area contributed by atoms with E-state index in [9.17, 15) is 5.11 Å². The molecule has 0 bridgehead atoms. The molecule has 3 nitrogen and oxygen atoms in total. The summed E-state index contributed by atoms with van der Waals surface area (Å²) >= 11 is 0. The minimum Gasteiger partial charge on any atom is -0.506 e. The lowest BCUT2D eigenvalue weighted by Crippen LogP contribution is -2.29. The van der Waals surface area contributed by atoms with Gasteiger partial charge >= 0.3 is 0 Å². The Morgan fingerprint density at radius 3 is 2.95 bits per heavy atom. The van der Waals surface area contributed by atoms with E-state index in [2.05, 4.69) is 35.0 Å². The molecule has 0 amide bonds. The van der Waals surface area contributed by atoms with Crippen LogP contribution in [0, 0.1) is 6.92 Å². The number of aromatic hydroxyl groups is 1. The number of pyridine rings is 1. The van der Waals surface area contributed by atoms with E-state index >= 15 is 0 Å². The molecule has 0 fully saturated rings. The number of aryl methyl sites for hydroxylation is 2. The van der Waals surface area contributed by atoms with Gasteiger partial charge in [-0.25, -0.2) is 0 Å². The smallest absolute Gasteiger partial charge is 0.133 e. The summed E-state index contributed by atoms with van der Waals surface area (Å²) in [6, 6.07) is 10.2. The van der Waals surface area contributed by atoms with Gasteiger partial charge in [0, 0.05) is 12.2 Å². The van der Waals surface area contributed by atoms with Crippen molar-refractivity contribution in [1.82, 2.24) is 4.98 Å². The van der Waals surface area contributed by atoms with Crippen LogP contribution in [0.5, 0.6) is 5.75 Å². The first-order chi connectivity index (χ1) is 9.22. The average molecular weight is 254 g/mol. The van der Waals surface area contributed by atoms with Crippen molar-refractivity contribution >= 4 is 5.69 Å². The van der Waals surface area contributed by atoms with Gasteiger partial charge in [-0.3, -0.25) is 4.98 Å². The highest BCUT2D eigenvalue weighted by Crippen LogP contribution is 2.29. The van der Waals surface area contributed by atoms with Crippen molar-refractivity contribution in [3.63, 3.8) is 0 Å². The van der Waals surface area contributed by atoms with Gasteiger partial charge in [0.05, 0.1) is 18.4 Å². The first-order valence-corrected chi connectivity index (χ1v) is 6.71. The second kappa shape index (κ2) is 4.92. The van der Waals surface area contributed by atoms with E-state index in [4.69, 9.17) is 0 Å². The molecule has 2 heterocycles. The predicted molar refractivity (Wildman–Crippen MR) is 76.5 cm³/mol. The quantitative estimate of drug-likeness (QED) is 0.894. The molecule has 19 heavy (non-hydrogen) atoms. The molecule has 98 valence electrons. The standard InChI is InChI=1S/C16H18N2O/c1-12-4-7-16-13(9-12)3-2-8-18(16)11-14-5-6-15(19)10-17-14/h4-7,9-10,19H,2-3,8,11H2,1H3. The fourth-order valence-corrected chi connectivity index (χ4v) is 2.67. The molecule has 3 heteroatoms. The number of fused-ring (bicyclic) bond motifs is 1. The van der Waals surface area contributed by atoms with Gasteiger partial charge < -0.3 is 10.0 Å². The topological polar surface area (TPSA) is 36.4 Å². The van der Waals surface area contributed by atoms with Gasteiger partial charge in [-0.2, -0.15) is 0 Å². The highest BCUT2D eigenvalue weighted by molar-refractivity contribution is 5.56. The Hall–Kier alpha value is -2.03. The van der Waals surface area contributed by atoms with Crippen molar-refractivity contribution < 1.29 is 5.11 Å². The molecule has 0 saturated heterocycles. The summed E-state index contributed by atoms with van der Waals surface area (Å²) in [6.45, 7) is 4.01. The van der Waals surface area contributed by atoms with Crippen LogP contribution in [0.1, 0.15) is 23.2 Å². The maximum Gasteiger partial charge on any atom is 0.133 e. The van der Waals surface area contributed by atoms with E-state index in [0.717, 1.165) is 25.2 Å². The molecule has 1 aromatic heterocycles. The van der Waals surface area contributed by atoms with Crippen molar-refractivity contribution in [2.24, 2.45) is 0 Å². The fourth-order valence-electron chi connectivity index (χ4n) is 2.67. The molecule has 0 spiro atoms. The Labute approximate surface area is 113 Å². The first-order valence-electron chi connectivity index (χ1n) is 6.71. The molecule has 1 aliphatic heterocycles. The molecular weight excluding hydrogens is 236 g/mol. The maximum absolute atomic E-state index is 9.27. The van der Waals surface area contributed by atoms with Crippen LogP contribution in [-0.4, -0.2) is 16.6 Å². The van der Waals surface area contributed by atoms with E-state index in [1.807, 2.05) is 6.07 Å². The number of rotatable bonds is 2. The van der Waals surface area contributed by atoms with Crippen LogP contribution < -0.4 is 4.90 Å². The summed E-state index contributed by atoms with van der Waals surface area (Å²) in [4.78, 5) is 6.64. The highest BCUT2D eigenvalue weighted by Gasteiger charge is 2.17. The largest absolute Gasteiger partial charge is 0.506 e. The summed E-state index contributed by atoms with van der Waals surface area (Å²) < 4.78 is 0. The molecule has 1 aromatic carbocycles. The Bertz CT molecular complexity index is 578. The molecular formula is C16H18N2O. The third-order valence-corrected chi connectivity index (χ3v) is 3.61. The second-order valence-corrected chi connectivity index (χ2v) is 5.17. The lowest BCUT2D eigenvalue weighted by molar-refractivity contribution is 0.472. The van der Waals surface area contributed by atoms with Crippen LogP contribution in [0.3, 0.4) is 0 Å². The number of hydrogen-bond acceptors (Lipinski definition) is 3. The maximum atomic E-state index is 9.27. The van der Waals surface area contributed by atoms with Gasteiger partial charge in [0.2, 0.25) is 0 Å². The predicted octanol–water partition coefficient (Wildman–Crippen LogP) is 3.05. The Morgan fingerprint density at radius 1 is 1.26 bits per heavy atom. The monoisotopic (exact) mass is 254 g/mol. The van der Waals surface area contributed by atoms with E-state index in [-0.39, 0.29) is 5.75 Å². The third-order valence-electron chi connectivity index (χ3n) is 3.61. The van der Waals surface area contributed by atoms with Crippen LogP contribution >= 0.6 is 0 Å². The van der Waals surface area contributed by atoms with E-state index in [1.165, 1.54) is 29.4 Å². The normalized spacial score (nSPS) is 14.3. The minimum atomic E-state index is 0.221. The Kier molecular flexibility index (Phi) is 3.11. The first kappa shape index (κ1) is 12.0. The molecule has 2 aromatic rings. The molecule has 1 aliphatic rings. The molecule has 0 unspecified atom stereocenters. The number of hydrogen-bond donors (Lipinski definition) is 1. The highest BCUT2D eigenvalue weighted by atomic mass is 16.3. The summed E-state index contributed by atoms with van der Waals surface area (Å²) in [7, 11) is 0. The molecule has 0 atom stereocenters. The average Bonchev–Trinajstić information content (AvgIpc) is 2.41. The molecule has 0 radical (unpaired) electrons. The summed E-state index contributed by atoms with van der Waals surface area (Å²) in [6.07, 6.45) is 3.86. The zero-order valence-electron chi connectivity index (χ0n) is 11.1. The minimum absolute atomic E-state index is 0.221. The van der Waals surface area contributed by atoms with Crippen LogP contribution in [0.2, 0.25) is 0 Å². The van der Waals surface area contributed by atoms with Crippen molar-refractivity contribution in [1.29, 1.82) is 0 Å². The molecule has 0 aliphatic carbocycles. The zero-order valence-corrected chi connectivity index (χ0v) is 11.1. The van der Waals surface area contributed by atoms with Crippen molar-refractivity contribution in [3.8, 4) is 5.75 Å². The molecule has 0 saturated carbocycles. The SMILES string of the molecule is Cc1ccc2c(c1)CCCN2Cc1ccc(O)cn1. The van der Waals surface area contributed by atoms with Crippen LogP contribution in [-0.2, 0) is 13.0 Å². The van der Waals surface area contributed by atoms with Gasteiger partial charge in [0.15, 0.2) is 0 Å². The zero-order chi connectivity index (χ0) is 13.2. The third kappa shape index (κ3) is 2.55. The van der Waals surface area contributed by atoms with Crippen molar-refractivity contribution in [2.45, 2.75) is 26.3 Å². The van der Waals surface area contributed by atoms with Crippen LogP contribution in [0.15, 0.2) is 36.5 Å². The van der Waals surface area contributed by atoms with Crippen molar-refractivity contribution in [3.05, 3.63) is 53.3 Å². The van der Waals surface area contributed by atoms with Gasteiger partial charge in [0.1, 0.15) is 5.75 Å². The van der Waals surface area contributed by atoms with Crippen LogP contribution in [0.25, 0.3) is 0 Å². The number of anilines is 1.